The van der Waals surface area contributed by atoms with E-state index in [9.17, 15) is 8.78 Å². The molecule has 0 spiro atoms. The SMILES string of the molecule is CCc1nc(=S)c2cc(F)c(F)cc2[nH]1. The molecule has 0 aliphatic heterocycles. The van der Waals surface area contributed by atoms with Crippen LogP contribution in [-0.4, -0.2) is 9.97 Å². The fourth-order valence-electron chi connectivity index (χ4n) is 1.36. The standard InChI is InChI=1S/C10H8F2N2S/c1-2-9-13-8-4-7(12)6(11)3-5(8)10(15)14-9/h3-4H,2H2,1H3,(H,13,14,15). The Morgan fingerprint density at radius 2 is 2.00 bits per heavy atom. The minimum Gasteiger partial charge on any atom is -0.343 e. The smallest absolute Gasteiger partial charge is 0.160 e. The Bertz CT molecular complexity index is 577. The number of halogens is 2. The zero-order chi connectivity index (χ0) is 11.0. The molecule has 1 aromatic carbocycles. The van der Waals surface area contributed by atoms with Crippen molar-refractivity contribution < 1.29 is 8.78 Å². The van der Waals surface area contributed by atoms with Crippen molar-refractivity contribution in [3.05, 3.63) is 34.2 Å². The van der Waals surface area contributed by atoms with Crippen LogP contribution in [-0.2, 0) is 6.42 Å². The number of hydrogen-bond donors (Lipinski definition) is 1. The Hall–Kier alpha value is -1.36. The van der Waals surface area contributed by atoms with Gasteiger partial charge in [-0.1, -0.05) is 19.1 Å². The molecule has 78 valence electrons. The minimum absolute atomic E-state index is 0.291. The Labute approximate surface area is 90.0 Å². The summed E-state index contributed by atoms with van der Waals surface area (Å²) >= 11 is 4.99. The van der Waals surface area contributed by atoms with E-state index < -0.39 is 11.6 Å². The van der Waals surface area contributed by atoms with Gasteiger partial charge in [0.1, 0.15) is 10.5 Å². The number of H-pyrrole nitrogens is 1. The van der Waals surface area contributed by atoms with Gasteiger partial charge in [-0.2, -0.15) is 0 Å². The lowest BCUT2D eigenvalue weighted by Gasteiger charge is -2.02. The van der Waals surface area contributed by atoms with Crippen LogP contribution in [0.2, 0.25) is 0 Å². The van der Waals surface area contributed by atoms with Crippen LogP contribution in [0, 0.1) is 16.3 Å². The maximum absolute atomic E-state index is 13.0. The molecule has 1 aromatic heterocycles. The zero-order valence-electron chi connectivity index (χ0n) is 7.97. The maximum atomic E-state index is 13.0. The summed E-state index contributed by atoms with van der Waals surface area (Å²) in [4.78, 5) is 6.96. The molecule has 1 heterocycles. The molecule has 0 unspecified atom stereocenters. The molecular weight excluding hydrogens is 218 g/mol. The summed E-state index contributed by atoms with van der Waals surface area (Å²) in [7, 11) is 0. The predicted octanol–water partition coefficient (Wildman–Crippen LogP) is 3.13. The van der Waals surface area contributed by atoms with Crippen molar-refractivity contribution in [2.24, 2.45) is 0 Å². The van der Waals surface area contributed by atoms with Crippen molar-refractivity contribution >= 4 is 23.1 Å². The number of benzene rings is 1. The summed E-state index contributed by atoms with van der Waals surface area (Å²) in [5, 5.41) is 0.432. The van der Waals surface area contributed by atoms with Crippen molar-refractivity contribution in [1.29, 1.82) is 0 Å². The number of nitrogens with zero attached hydrogens (tertiary/aromatic N) is 1. The second-order valence-corrected chi connectivity index (χ2v) is 3.54. The van der Waals surface area contributed by atoms with E-state index in [2.05, 4.69) is 9.97 Å². The monoisotopic (exact) mass is 226 g/mol. The van der Waals surface area contributed by atoms with Crippen LogP contribution in [0.3, 0.4) is 0 Å². The van der Waals surface area contributed by atoms with Crippen LogP contribution in [0.1, 0.15) is 12.7 Å². The summed E-state index contributed by atoms with van der Waals surface area (Å²) in [6.45, 7) is 1.90. The van der Waals surface area contributed by atoms with Gasteiger partial charge in [0, 0.05) is 17.9 Å². The number of nitrogens with one attached hydrogen (secondary N) is 1. The van der Waals surface area contributed by atoms with E-state index in [0.29, 0.717) is 27.8 Å². The molecule has 0 fully saturated rings. The Balaban J connectivity index is 2.86. The molecule has 15 heavy (non-hydrogen) atoms. The maximum Gasteiger partial charge on any atom is 0.160 e. The normalized spacial score (nSPS) is 10.9. The lowest BCUT2D eigenvalue weighted by molar-refractivity contribution is 0.510. The van der Waals surface area contributed by atoms with Crippen LogP contribution in [0.15, 0.2) is 12.1 Å². The first-order valence-electron chi connectivity index (χ1n) is 4.49. The fourth-order valence-corrected chi connectivity index (χ4v) is 1.64. The largest absolute Gasteiger partial charge is 0.343 e. The number of aryl methyl sites for hydroxylation is 1. The fraction of sp³-hybridized carbons (Fsp3) is 0.200. The van der Waals surface area contributed by atoms with E-state index in [0.717, 1.165) is 12.1 Å². The van der Waals surface area contributed by atoms with E-state index in [1.165, 1.54) is 0 Å². The van der Waals surface area contributed by atoms with Crippen LogP contribution in [0.4, 0.5) is 8.78 Å². The Morgan fingerprint density at radius 3 is 2.67 bits per heavy atom. The second kappa shape index (κ2) is 3.66. The van der Waals surface area contributed by atoms with E-state index >= 15 is 0 Å². The molecular formula is C10H8F2N2S. The molecule has 0 aliphatic rings. The van der Waals surface area contributed by atoms with Gasteiger partial charge in [-0.15, -0.1) is 0 Å². The van der Waals surface area contributed by atoms with Gasteiger partial charge in [-0.05, 0) is 6.07 Å². The molecule has 2 rings (SSSR count). The number of aromatic amines is 1. The lowest BCUT2D eigenvalue weighted by atomic mass is 10.2. The van der Waals surface area contributed by atoms with Gasteiger partial charge in [0.15, 0.2) is 11.6 Å². The highest BCUT2D eigenvalue weighted by Gasteiger charge is 2.06. The van der Waals surface area contributed by atoms with Gasteiger partial charge >= 0.3 is 0 Å². The molecule has 0 aliphatic carbocycles. The van der Waals surface area contributed by atoms with Crippen molar-refractivity contribution in [1.82, 2.24) is 9.97 Å². The van der Waals surface area contributed by atoms with Crippen molar-refractivity contribution in [3.63, 3.8) is 0 Å². The summed E-state index contributed by atoms with van der Waals surface area (Å²) in [5.41, 5.74) is 0.478. The van der Waals surface area contributed by atoms with E-state index in [4.69, 9.17) is 12.2 Å². The molecule has 0 saturated carbocycles. The van der Waals surface area contributed by atoms with Crippen molar-refractivity contribution in [3.8, 4) is 0 Å². The van der Waals surface area contributed by atoms with Crippen LogP contribution < -0.4 is 0 Å². The highest BCUT2D eigenvalue weighted by Crippen LogP contribution is 2.17. The molecule has 0 atom stereocenters. The lowest BCUT2D eigenvalue weighted by Crippen LogP contribution is -1.96. The molecule has 0 amide bonds. The first-order chi connectivity index (χ1) is 7.11. The average molecular weight is 226 g/mol. The molecule has 2 aromatic rings. The second-order valence-electron chi connectivity index (χ2n) is 3.15. The van der Waals surface area contributed by atoms with E-state index in [1.807, 2.05) is 6.92 Å². The Kier molecular flexibility index (Phi) is 2.48. The molecule has 2 nitrogen and oxygen atoms in total. The Morgan fingerprint density at radius 1 is 1.33 bits per heavy atom. The highest BCUT2D eigenvalue weighted by atomic mass is 32.1. The first-order valence-corrected chi connectivity index (χ1v) is 4.90. The van der Waals surface area contributed by atoms with Gasteiger partial charge in [0.05, 0.1) is 5.52 Å². The number of hydrogen-bond acceptors (Lipinski definition) is 2. The number of rotatable bonds is 1. The molecule has 0 saturated heterocycles. The third-order valence-corrected chi connectivity index (χ3v) is 2.45. The van der Waals surface area contributed by atoms with E-state index in [1.54, 1.807) is 0 Å². The quantitative estimate of drug-likeness (QED) is 0.757. The van der Waals surface area contributed by atoms with Gasteiger partial charge in [0.2, 0.25) is 0 Å². The molecule has 0 radical (unpaired) electrons. The summed E-state index contributed by atoms with van der Waals surface area (Å²) in [5.74, 6) is -1.13. The van der Waals surface area contributed by atoms with Gasteiger partial charge in [0.25, 0.3) is 0 Å². The molecule has 5 heteroatoms. The summed E-state index contributed by atoms with van der Waals surface area (Å²) < 4.78 is 26.2. The van der Waals surface area contributed by atoms with Crippen molar-refractivity contribution in [2.45, 2.75) is 13.3 Å². The molecule has 1 N–H and O–H groups in total. The molecule has 0 bridgehead atoms. The minimum atomic E-state index is -0.909. The number of fused-ring (bicyclic) bond motifs is 1. The van der Waals surface area contributed by atoms with E-state index in [-0.39, 0.29) is 0 Å². The average Bonchev–Trinajstić information content (AvgIpc) is 2.21. The number of aromatic nitrogens is 2. The van der Waals surface area contributed by atoms with Gasteiger partial charge in [-0.3, -0.25) is 0 Å². The topological polar surface area (TPSA) is 28.7 Å². The summed E-state index contributed by atoms with van der Waals surface area (Å²) in [6, 6.07) is 2.16. The third kappa shape index (κ3) is 1.74. The predicted molar refractivity (Wildman–Crippen MR) is 56.2 cm³/mol. The third-order valence-electron chi connectivity index (χ3n) is 2.14. The highest BCUT2D eigenvalue weighted by molar-refractivity contribution is 7.71. The van der Waals surface area contributed by atoms with Crippen LogP contribution >= 0.6 is 12.2 Å². The van der Waals surface area contributed by atoms with Crippen LogP contribution in [0.25, 0.3) is 10.9 Å². The van der Waals surface area contributed by atoms with Gasteiger partial charge in [-0.25, -0.2) is 13.8 Å². The van der Waals surface area contributed by atoms with Crippen LogP contribution in [0.5, 0.6) is 0 Å². The first kappa shape index (κ1) is 10.2. The van der Waals surface area contributed by atoms with Gasteiger partial charge < -0.3 is 4.98 Å². The summed E-state index contributed by atoms with van der Waals surface area (Å²) in [6.07, 6.45) is 0.665. The van der Waals surface area contributed by atoms with Crippen molar-refractivity contribution in [2.75, 3.05) is 0 Å². The zero-order valence-corrected chi connectivity index (χ0v) is 8.79.